The quantitative estimate of drug-likeness (QED) is 0.916. The first-order valence-corrected chi connectivity index (χ1v) is 7.82. The molecule has 3 rings (SSSR count). The van der Waals surface area contributed by atoms with Crippen molar-refractivity contribution in [3.8, 4) is 5.75 Å². The number of hydrogen-bond acceptors (Lipinski definition) is 3. The van der Waals surface area contributed by atoms with Crippen molar-refractivity contribution in [1.82, 2.24) is 4.90 Å². The molecule has 1 aromatic carbocycles. The van der Waals surface area contributed by atoms with Crippen LogP contribution in [0.4, 0.5) is 0 Å². The van der Waals surface area contributed by atoms with Gasteiger partial charge in [-0.05, 0) is 42.9 Å². The largest absolute Gasteiger partial charge is 0.496 e. The van der Waals surface area contributed by atoms with E-state index >= 15 is 0 Å². The summed E-state index contributed by atoms with van der Waals surface area (Å²) in [6.07, 6.45) is 2.58. The molecule has 2 N–H and O–H groups in total. The van der Waals surface area contributed by atoms with Crippen LogP contribution in [0.2, 0.25) is 5.02 Å². The van der Waals surface area contributed by atoms with Crippen LogP contribution in [-0.4, -0.2) is 37.0 Å². The van der Waals surface area contributed by atoms with Crippen molar-refractivity contribution >= 4 is 29.9 Å². The molecule has 4 nitrogen and oxygen atoms in total. The average molecular weight is 345 g/mol. The molecule has 2 fully saturated rings. The number of carbonyl (C=O) groups excluding carboxylic acids is 1. The number of amides is 1. The minimum atomic E-state index is 0. The molecule has 0 radical (unpaired) electrons. The minimum absolute atomic E-state index is 0. The van der Waals surface area contributed by atoms with Crippen LogP contribution in [0.15, 0.2) is 18.2 Å². The van der Waals surface area contributed by atoms with Gasteiger partial charge < -0.3 is 15.4 Å². The number of nitrogens with two attached hydrogens (primary N) is 1. The number of fused-ring (bicyclic) bond motifs is 1. The number of ether oxygens (including phenoxy) is 1. The second kappa shape index (κ2) is 7.07. The van der Waals surface area contributed by atoms with Gasteiger partial charge in [-0.2, -0.15) is 0 Å². The molecule has 0 spiro atoms. The molecule has 1 saturated heterocycles. The van der Waals surface area contributed by atoms with Crippen LogP contribution in [0.3, 0.4) is 0 Å². The molecule has 1 aromatic rings. The summed E-state index contributed by atoms with van der Waals surface area (Å²) in [5.74, 6) is 1.92. The SMILES string of the molecule is COc1ccc(Cl)cc1CC(=O)N1CC2CCC(N)C2C1.Cl. The molecular formula is C16H22Cl2N2O2. The minimum Gasteiger partial charge on any atom is -0.496 e. The summed E-state index contributed by atoms with van der Waals surface area (Å²) >= 11 is 6.02. The monoisotopic (exact) mass is 344 g/mol. The fourth-order valence-corrected chi connectivity index (χ4v) is 3.87. The number of rotatable bonds is 3. The van der Waals surface area contributed by atoms with Crippen LogP contribution in [0.1, 0.15) is 18.4 Å². The smallest absolute Gasteiger partial charge is 0.227 e. The van der Waals surface area contributed by atoms with Crippen molar-refractivity contribution < 1.29 is 9.53 Å². The molecular weight excluding hydrogens is 323 g/mol. The predicted octanol–water partition coefficient (Wildman–Crippen LogP) is 2.51. The van der Waals surface area contributed by atoms with Crippen LogP contribution in [-0.2, 0) is 11.2 Å². The fourth-order valence-electron chi connectivity index (χ4n) is 3.67. The number of likely N-dealkylation sites (tertiary alicyclic amines) is 1. The summed E-state index contributed by atoms with van der Waals surface area (Å²) in [6.45, 7) is 1.65. The molecule has 3 unspecified atom stereocenters. The Bertz CT molecular complexity index is 553. The van der Waals surface area contributed by atoms with Crippen LogP contribution in [0, 0.1) is 11.8 Å². The van der Waals surface area contributed by atoms with E-state index in [0.717, 1.165) is 31.5 Å². The summed E-state index contributed by atoms with van der Waals surface area (Å²) in [5, 5.41) is 0.624. The Morgan fingerprint density at radius 1 is 1.41 bits per heavy atom. The molecule has 1 saturated carbocycles. The maximum Gasteiger partial charge on any atom is 0.227 e. The molecule has 22 heavy (non-hydrogen) atoms. The number of nitrogens with zero attached hydrogens (tertiary/aromatic N) is 1. The van der Waals surface area contributed by atoms with E-state index in [-0.39, 0.29) is 24.4 Å². The Labute approximate surface area is 142 Å². The molecule has 1 amide bonds. The molecule has 1 heterocycles. The summed E-state index contributed by atoms with van der Waals surface area (Å²) in [5.41, 5.74) is 6.97. The zero-order valence-corrected chi connectivity index (χ0v) is 14.2. The Morgan fingerprint density at radius 2 is 2.18 bits per heavy atom. The highest BCUT2D eigenvalue weighted by Crippen LogP contribution is 2.37. The molecule has 0 bridgehead atoms. The van der Waals surface area contributed by atoms with Gasteiger partial charge in [0.1, 0.15) is 5.75 Å². The predicted molar refractivity (Wildman–Crippen MR) is 89.7 cm³/mol. The summed E-state index contributed by atoms with van der Waals surface area (Å²) in [4.78, 5) is 14.5. The molecule has 2 aliphatic rings. The van der Waals surface area contributed by atoms with E-state index in [0.29, 0.717) is 29.0 Å². The van der Waals surface area contributed by atoms with Crippen molar-refractivity contribution in [1.29, 1.82) is 0 Å². The van der Waals surface area contributed by atoms with E-state index in [1.165, 1.54) is 0 Å². The molecule has 3 atom stereocenters. The summed E-state index contributed by atoms with van der Waals surface area (Å²) < 4.78 is 5.31. The Balaban J connectivity index is 0.00000176. The topological polar surface area (TPSA) is 55.6 Å². The Hall–Kier alpha value is -0.970. The number of benzene rings is 1. The normalized spacial score (nSPS) is 26.5. The van der Waals surface area contributed by atoms with Crippen molar-refractivity contribution in [3.05, 3.63) is 28.8 Å². The lowest BCUT2D eigenvalue weighted by molar-refractivity contribution is -0.129. The summed E-state index contributed by atoms with van der Waals surface area (Å²) in [7, 11) is 1.61. The zero-order chi connectivity index (χ0) is 15.0. The van der Waals surface area contributed by atoms with E-state index < -0.39 is 0 Å². The van der Waals surface area contributed by atoms with Gasteiger partial charge in [0.2, 0.25) is 5.91 Å². The van der Waals surface area contributed by atoms with Crippen molar-refractivity contribution in [3.63, 3.8) is 0 Å². The van der Waals surface area contributed by atoms with Crippen LogP contribution in [0.25, 0.3) is 0 Å². The van der Waals surface area contributed by atoms with Gasteiger partial charge in [-0.15, -0.1) is 12.4 Å². The third-order valence-corrected chi connectivity index (χ3v) is 5.08. The molecule has 0 aromatic heterocycles. The fraction of sp³-hybridized carbons (Fsp3) is 0.562. The van der Waals surface area contributed by atoms with Gasteiger partial charge in [-0.3, -0.25) is 4.79 Å². The third kappa shape index (κ3) is 3.34. The second-order valence-electron chi connectivity index (χ2n) is 6.10. The maximum atomic E-state index is 12.5. The number of hydrogen-bond donors (Lipinski definition) is 1. The number of methoxy groups -OCH3 is 1. The maximum absolute atomic E-state index is 12.5. The van der Waals surface area contributed by atoms with E-state index in [1.54, 1.807) is 25.3 Å². The standard InChI is InChI=1S/C16H21ClN2O2.ClH/c1-21-15-5-3-12(17)6-11(15)7-16(20)19-8-10-2-4-14(18)13(10)9-19;/h3,5-6,10,13-14H,2,4,7-9,18H2,1H3;1H. The van der Waals surface area contributed by atoms with Crippen LogP contribution in [0.5, 0.6) is 5.75 Å². The van der Waals surface area contributed by atoms with Crippen molar-refractivity contribution in [2.45, 2.75) is 25.3 Å². The van der Waals surface area contributed by atoms with Gasteiger partial charge in [0.25, 0.3) is 0 Å². The lowest BCUT2D eigenvalue weighted by Crippen LogP contribution is -2.34. The van der Waals surface area contributed by atoms with E-state index in [4.69, 9.17) is 22.1 Å². The van der Waals surface area contributed by atoms with Gasteiger partial charge >= 0.3 is 0 Å². The van der Waals surface area contributed by atoms with Crippen molar-refractivity contribution in [2.75, 3.05) is 20.2 Å². The lowest BCUT2D eigenvalue weighted by atomic mass is 9.98. The third-order valence-electron chi connectivity index (χ3n) is 4.85. The van der Waals surface area contributed by atoms with Gasteiger partial charge in [-0.1, -0.05) is 11.6 Å². The summed E-state index contributed by atoms with van der Waals surface area (Å²) in [6, 6.07) is 5.64. The molecule has 122 valence electrons. The van der Waals surface area contributed by atoms with Gasteiger partial charge in [0, 0.05) is 29.7 Å². The highest BCUT2D eigenvalue weighted by Gasteiger charge is 2.42. The number of carbonyl (C=O) groups is 1. The highest BCUT2D eigenvalue weighted by atomic mass is 35.5. The van der Waals surface area contributed by atoms with E-state index in [2.05, 4.69) is 0 Å². The van der Waals surface area contributed by atoms with Gasteiger partial charge in [0.15, 0.2) is 0 Å². The second-order valence-corrected chi connectivity index (χ2v) is 6.53. The molecule has 1 aliphatic heterocycles. The first kappa shape index (κ1) is 17.4. The van der Waals surface area contributed by atoms with Gasteiger partial charge in [0.05, 0.1) is 13.5 Å². The van der Waals surface area contributed by atoms with Gasteiger partial charge in [-0.25, -0.2) is 0 Å². The Kier molecular flexibility index (Phi) is 5.59. The zero-order valence-electron chi connectivity index (χ0n) is 12.6. The first-order valence-electron chi connectivity index (χ1n) is 7.44. The highest BCUT2D eigenvalue weighted by molar-refractivity contribution is 6.30. The Morgan fingerprint density at radius 3 is 2.86 bits per heavy atom. The number of halogens is 2. The molecule has 6 heteroatoms. The molecule has 1 aliphatic carbocycles. The van der Waals surface area contributed by atoms with Crippen LogP contribution < -0.4 is 10.5 Å². The van der Waals surface area contributed by atoms with Crippen LogP contribution >= 0.6 is 24.0 Å². The van der Waals surface area contributed by atoms with E-state index in [1.807, 2.05) is 4.90 Å². The first-order chi connectivity index (χ1) is 10.1. The average Bonchev–Trinajstić information content (AvgIpc) is 3.02. The van der Waals surface area contributed by atoms with Crippen molar-refractivity contribution in [2.24, 2.45) is 17.6 Å². The van der Waals surface area contributed by atoms with E-state index in [9.17, 15) is 4.79 Å². The lowest BCUT2D eigenvalue weighted by Gasteiger charge is -2.19.